The first-order chi connectivity index (χ1) is 10.3. The van der Waals surface area contributed by atoms with Crippen molar-refractivity contribution in [3.05, 3.63) is 23.9 Å². The molecule has 1 aromatic heterocycles. The SMILES string of the molecule is c1cc(N2CCCC2)ncc1CN1CCC2(CCNC2)C1. The fraction of sp³-hybridized carbons (Fsp3) is 0.706. The van der Waals surface area contributed by atoms with Crippen LogP contribution in [0.3, 0.4) is 0 Å². The Labute approximate surface area is 127 Å². The van der Waals surface area contributed by atoms with E-state index in [0.29, 0.717) is 5.41 Å². The Hall–Kier alpha value is -1.13. The lowest BCUT2D eigenvalue weighted by molar-refractivity contribution is 0.268. The average Bonchev–Trinajstić information content (AvgIpc) is 3.25. The van der Waals surface area contributed by atoms with E-state index in [0.717, 1.165) is 12.4 Å². The largest absolute Gasteiger partial charge is 0.357 e. The van der Waals surface area contributed by atoms with Gasteiger partial charge in [0.05, 0.1) is 0 Å². The number of rotatable bonds is 3. The van der Waals surface area contributed by atoms with Crippen molar-refractivity contribution in [3.63, 3.8) is 0 Å². The molecule has 1 N–H and O–H groups in total. The third kappa shape index (κ3) is 2.79. The molecule has 3 aliphatic heterocycles. The zero-order chi connectivity index (χ0) is 14.1. The summed E-state index contributed by atoms with van der Waals surface area (Å²) in [6.45, 7) is 8.34. The molecule has 0 saturated carbocycles. The third-order valence-corrected chi connectivity index (χ3v) is 5.49. The van der Waals surface area contributed by atoms with Gasteiger partial charge in [0.1, 0.15) is 5.82 Å². The Kier molecular flexibility index (Phi) is 3.59. The molecule has 1 aromatic rings. The van der Waals surface area contributed by atoms with Crippen molar-refractivity contribution < 1.29 is 0 Å². The second-order valence-electron chi connectivity index (χ2n) is 7.11. The molecular formula is C17H26N4. The number of nitrogens with one attached hydrogen (secondary N) is 1. The van der Waals surface area contributed by atoms with Crippen molar-refractivity contribution in [2.24, 2.45) is 5.41 Å². The molecule has 4 rings (SSSR count). The van der Waals surface area contributed by atoms with Crippen LogP contribution in [0.2, 0.25) is 0 Å². The van der Waals surface area contributed by atoms with Gasteiger partial charge in [0.25, 0.3) is 0 Å². The molecule has 4 heteroatoms. The second kappa shape index (κ2) is 5.58. The normalized spacial score (nSPS) is 29.8. The summed E-state index contributed by atoms with van der Waals surface area (Å²) < 4.78 is 0. The van der Waals surface area contributed by atoms with Crippen LogP contribution in [0, 0.1) is 5.41 Å². The van der Waals surface area contributed by atoms with Crippen molar-refractivity contribution in [2.75, 3.05) is 44.2 Å². The van der Waals surface area contributed by atoms with E-state index in [4.69, 9.17) is 0 Å². The Morgan fingerprint density at radius 3 is 2.76 bits per heavy atom. The molecule has 4 heterocycles. The van der Waals surface area contributed by atoms with E-state index >= 15 is 0 Å². The maximum absolute atomic E-state index is 4.68. The van der Waals surface area contributed by atoms with Gasteiger partial charge in [0, 0.05) is 38.9 Å². The molecule has 0 amide bonds. The highest BCUT2D eigenvalue weighted by atomic mass is 15.2. The summed E-state index contributed by atoms with van der Waals surface area (Å²) in [7, 11) is 0. The standard InChI is InChI=1S/C17H26N4/c1-2-9-21(8-1)16-4-3-15(11-19-16)12-20-10-6-17(14-20)5-7-18-13-17/h3-4,11,18H,1-2,5-10,12-14H2. The summed E-state index contributed by atoms with van der Waals surface area (Å²) in [4.78, 5) is 9.69. The highest BCUT2D eigenvalue weighted by Gasteiger charge is 2.39. The van der Waals surface area contributed by atoms with Crippen molar-refractivity contribution in [1.29, 1.82) is 0 Å². The van der Waals surface area contributed by atoms with Gasteiger partial charge in [0.15, 0.2) is 0 Å². The predicted octanol–water partition coefficient (Wildman–Crippen LogP) is 1.87. The molecule has 0 radical (unpaired) electrons. The Bertz CT molecular complexity index is 472. The Morgan fingerprint density at radius 2 is 2.05 bits per heavy atom. The van der Waals surface area contributed by atoms with Crippen LogP contribution >= 0.6 is 0 Å². The van der Waals surface area contributed by atoms with Gasteiger partial charge < -0.3 is 10.2 Å². The minimum Gasteiger partial charge on any atom is -0.357 e. The summed E-state index contributed by atoms with van der Waals surface area (Å²) >= 11 is 0. The number of likely N-dealkylation sites (tertiary alicyclic amines) is 1. The first kappa shape index (κ1) is 13.5. The lowest BCUT2D eigenvalue weighted by Crippen LogP contribution is -2.29. The van der Waals surface area contributed by atoms with E-state index in [1.165, 1.54) is 70.5 Å². The number of pyridine rings is 1. The van der Waals surface area contributed by atoms with E-state index in [2.05, 4.69) is 38.4 Å². The smallest absolute Gasteiger partial charge is 0.128 e. The van der Waals surface area contributed by atoms with Gasteiger partial charge in [-0.3, -0.25) is 4.90 Å². The van der Waals surface area contributed by atoms with Crippen LogP contribution in [-0.2, 0) is 6.54 Å². The van der Waals surface area contributed by atoms with Crippen LogP contribution in [0.25, 0.3) is 0 Å². The van der Waals surface area contributed by atoms with Gasteiger partial charge >= 0.3 is 0 Å². The molecule has 3 aliphatic rings. The topological polar surface area (TPSA) is 31.4 Å². The van der Waals surface area contributed by atoms with Crippen LogP contribution in [0.4, 0.5) is 5.82 Å². The molecule has 4 nitrogen and oxygen atoms in total. The lowest BCUT2D eigenvalue weighted by Gasteiger charge is -2.23. The molecule has 3 fully saturated rings. The Balaban J connectivity index is 1.36. The van der Waals surface area contributed by atoms with E-state index in [9.17, 15) is 0 Å². The van der Waals surface area contributed by atoms with Crippen LogP contribution in [0.5, 0.6) is 0 Å². The van der Waals surface area contributed by atoms with Crippen molar-refractivity contribution >= 4 is 5.82 Å². The van der Waals surface area contributed by atoms with Crippen molar-refractivity contribution in [3.8, 4) is 0 Å². The second-order valence-corrected chi connectivity index (χ2v) is 7.11. The molecule has 1 atom stereocenters. The van der Waals surface area contributed by atoms with Crippen molar-refractivity contribution in [1.82, 2.24) is 15.2 Å². The highest BCUT2D eigenvalue weighted by Crippen LogP contribution is 2.36. The molecule has 0 aromatic carbocycles. The monoisotopic (exact) mass is 286 g/mol. The van der Waals surface area contributed by atoms with Gasteiger partial charge in [-0.25, -0.2) is 4.98 Å². The summed E-state index contributed by atoms with van der Waals surface area (Å²) in [5.74, 6) is 1.16. The molecule has 1 unspecified atom stereocenters. The molecule has 0 aliphatic carbocycles. The summed E-state index contributed by atoms with van der Waals surface area (Å²) in [6, 6.07) is 4.49. The van der Waals surface area contributed by atoms with Gasteiger partial charge in [0.2, 0.25) is 0 Å². The van der Waals surface area contributed by atoms with Gasteiger partial charge in [-0.15, -0.1) is 0 Å². The van der Waals surface area contributed by atoms with E-state index in [-0.39, 0.29) is 0 Å². The molecule has 3 saturated heterocycles. The quantitative estimate of drug-likeness (QED) is 0.919. The predicted molar refractivity (Wildman–Crippen MR) is 85.5 cm³/mol. The fourth-order valence-electron chi connectivity index (χ4n) is 4.21. The lowest BCUT2D eigenvalue weighted by atomic mass is 9.87. The van der Waals surface area contributed by atoms with Crippen molar-refractivity contribution in [2.45, 2.75) is 32.2 Å². The first-order valence-electron chi connectivity index (χ1n) is 8.46. The molecule has 21 heavy (non-hydrogen) atoms. The van der Waals surface area contributed by atoms with Crippen LogP contribution < -0.4 is 10.2 Å². The number of nitrogens with zero attached hydrogens (tertiary/aromatic N) is 3. The zero-order valence-corrected chi connectivity index (χ0v) is 12.9. The van der Waals surface area contributed by atoms with Crippen LogP contribution in [-0.4, -0.2) is 49.2 Å². The number of anilines is 1. The maximum atomic E-state index is 4.68. The number of hydrogen-bond acceptors (Lipinski definition) is 4. The molecular weight excluding hydrogens is 260 g/mol. The Morgan fingerprint density at radius 1 is 1.14 bits per heavy atom. The van der Waals surface area contributed by atoms with Crippen LogP contribution in [0.1, 0.15) is 31.2 Å². The molecule has 114 valence electrons. The fourth-order valence-corrected chi connectivity index (χ4v) is 4.21. The van der Waals surface area contributed by atoms with E-state index in [1.807, 2.05) is 0 Å². The third-order valence-electron chi connectivity index (χ3n) is 5.49. The van der Waals surface area contributed by atoms with Gasteiger partial charge in [-0.2, -0.15) is 0 Å². The minimum absolute atomic E-state index is 0.572. The first-order valence-corrected chi connectivity index (χ1v) is 8.46. The zero-order valence-electron chi connectivity index (χ0n) is 12.9. The maximum Gasteiger partial charge on any atom is 0.128 e. The average molecular weight is 286 g/mol. The molecule has 0 bridgehead atoms. The summed E-state index contributed by atoms with van der Waals surface area (Å²) in [5, 5.41) is 3.53. The van der Waals surface area contributed by atoms with E-state index in [1.54, 1.807) is 0 Å². The summed E-state index contributed by atoms with van der Waals surface area (Å²) in [5.41, 5.74) is 1.93. The summed E-state index contributed by atoms with van der Waals surface area (Å²) in [6.07, 6.45) is 7.43. The number of hydrogen-bond donors (Lipinski definition) is 1. The van der Waals surface area contributed by atoms with E-state index < -0.39 is 0 Å². The highest BCUT2D eigenvalue weighted by molar-refractivity contribution is 5.40. The minimum atomic E-state index is 0.572. The molecule has 1 spiro atoms. The van der Waals surface area contributed by atoms with Gasteiger partial charge in [-0.1, -0.05) is 6.07 Å². The number of aromatic nitrogens is 1. The van der Waals surface area contributed by atoms with Gasteiger partial charge in [-0.05, 0) is 55.8 Å². The van der Waals surface area contributed by atoms with Crippen LogP contribution in [0.15, 0.2) is 18.3 Å².